The monoisotopic (exact) mass is 580 g/mol. The summed E-state index contributed by atoms with van der Waals surface area (Å²) in [5.41, 5.74) is 10.8. The first-order valence-electron chi connectivity index (χ1n) is 15.8. The number of hydrogen-bond donors (Lipinski definition) is 0. The van der Waals surface area contributed by atoms with Crippen molar-refractivity contribution in [1.29, 1.82) is 0 Å². The first-order valence-corrected chi connectivity index (χ1v) is 15.8. The van der Waals surface area contributed by atoms with Crippen LogP contribution in [0.25, 0.3) is 33.3 Å². The second-order valence-electron chi connectivity index (χ2n) is 12.5. The largest absolute Gasteiger partial charge is 0.457 e. The van der Waals surface area contributed by atoms with Gasteiger partial charge >= 0.3 is 0 Å². The average Bonchev–Trinajstić information content (AvgIpc) is 3.50. The molecule has 1 aliphatic carbocycles. The normalized spacial score (nSPS) is 16.9. The molecule has 0 unspecified atom stereocenters. The number of aryl methyl sites for hydroxylation is 3. The van der Waals surface area contributed by atoms with Crippen molar-refractivity contribution in [2.75, 3.05) is 0 Å². The molecule has 1 aliphatic rings. The van der Waals surface area contributed by atoms with Gasteiger partial charge in [0, 0.05) is 46.3 Å². The summed E-state index contributed by atoms with van der Waals surface area (Å²) in [7, 11) is 0. The Labute approximate surface area is 259 Å². The first-order chi connectivity index (χ1) is 21.3. The number of ether oxygens (including phenoxy) is 1. The highest BCUT2D eigenvalue weighted by atomic mass is 16.5. The molecule has 0 saturated heterocycles. The van der Waals surface area contributed by atoms with E-state index in [0.29, 0.717) is 11.8 Å². The molecular formula is C39H40N4O. The van der Waals surface area contributed by atoms with Crippen molar-refractivity contribution in [2.45, 2.75) is 66.7 Å². The first kappa shape index (κ1) is 28.1. The Morgan fingerprint density at radius 3 is 2.48 bits per heavy atom. The van der Waals surface area contributed by atoms with E-state index in [1.54, 1.807) is 0 Å². The van der Waals surface area contributed by atoms with Crippen LogP contribution in [-0.2, 0) is 6.42 Å². The molecular weight excluding hydrogens is 540 g/mol. The number of pyridine rings is 1. The van der Waals surface area contributed by atoms with Crippen molar-refractivity contribution < 1.29 is 4.74 Å². The Hall–Kier alpha value is -4.64. The summed E-state index contributed by atoms with van der Waals surface area (Å²) in [6, 6.07) is 25.6. The van der Waals surface area contributed by atoms with Gasteiger partial charge in [-0.1, -0.05) is 43.7 Å². The van der Waals surface area contributed by atoms with Crippen LogP contribution in [-0.4, -0.2) is 19.3 Å². The molecule has 0 fully saturated rings. The number of para-hydroxylation sites is 1. The molecule has 0 N–H and O–H groups in total. The van der Waals surface area contributed by atoms with E-state index < -0.39 is 0 Å². The Morgan fingerprint density at radius 1 is 0.864 bits per heavy atom. The van der Waals surface area contributed by atoms with Crippen molar-refractivity contribution in [2.24, 2.45) is 5.92 Å². The van der Waals surface area contributed by atoms with Gasteiger partial charge in [0.15, 0.2) is 0 Å². The molecule has 3 aromatic carbocycles. The van der Waals surface area contributed by atoms with Gasteiger partial charge in [0.1, 0.15) is 17.3 Å². The standard InChI is InChI=1S/C39H40N4O/c1-7-29-20-30(43-28(6)39(27(5)41-43)38-25(3)11-10-12-26(38)4)22-32(21-29)44-31-15-16-34-33-13-8-9-14-35(33)42(36(34)23-31)37-19-24(2)17-18-40-37/h8-9,11,13-23,26,38H,7,10,12H2,1-6H3/t26-,38+/m0/s1. The molecule has 3 heterocycles. The van der Waals surface area contributed by atoms with E-state index in [0.717, 1.165) is 46.2 Å². The van der Waals surface area contributed by atoms with E-state index in [4.69, 9.17) is 14.8 Å². The highest BCUT2D eigenvalue weighted by Crippen LogP contribution is 2.42. The van der Waals surface area contributed by atoms with Gasteiger partial charge in [-0.3, -0.25) is 4.57 Å². The fourth-order valence-corrected chi connectivity index (χ4v) is 7.25. The minimum atomic E-state index is 0.420. The molecule has 0 spiro atoms. The molecule has 6 aromatic rings. The molecule has 5 heteroatoms. The number of allylic oxidation sites excluding steroid dienone is 2. The summed E-state index contributed by atoms with van der Waals surface area (Å²) in [5, 5.41) is 7.47. The average molecular weight is 581 g/mol. The molecule has 222 valence electrons. The van der Waals surface area contributed by atoms with Gasteiger partial charge in [0.25, 0.3) is 0 Å². The highest BCUT2D eigenvalue weighted by Gasteiger charge is 2.29. The van der Waals surface area contributed by atoms with Crippen LogP contribution in [0, 0.1) is 26.7 Å². The van der Waals surface area contributed by atoms with E-state index in [9.17, 15) is 0 Å². The summed E-state index contributed by atoms with van der Waals surface area (Å²) in [6.45, 7) is 13.3. The second kappa shape index (κ2) is 11.1. The predicted molar refractivity (Wildman–Crippen MR) is 181 cm³/mol. The van der Waals surface area contributed by atoms with Crippen LogP contribution < -0.4 is 4.74 Å². The number of aromatic nitrogens is 4. The summed E-state index contributed by atoms with van der Waals surface area (Å²) in [4.78, 5) is 4.73. The summed E-state index contributed by atoms with van der Waals surface area (Å²) < 4.78 is 11.0. The number of nitrogens with zero attached hydrogens (tertiary/aromatic N) is 4. The van der Waals surface area contributed by atoms with Gasteiger partial charge < -0.3 is 4.74 Å². The van der Waals surface area contributed by atoms with E-state index >= 15 is 0 Å². The molecule has 2 atom stereocenters. The van der Waals surface area contributed by atoms with Gasteiger partial charge in [0.05, 0.1) is 22.4 Å². The fraction of sp³-hybridized carbons (Fsp3) is 0.282. The Morgan fingerprint density at radius 2 is 1.68 bits per heavy atom. The minimum absolute atomic E-state index is 0.420. The van der Waals surface area contributed by atoms with Gasteiger partial charge in [-0.2, -0.15) is 5.10 Å². The van der Waals surface area contributed by atoms with Crippen molar-refractivity contribution in [3.8, 4) is 23.0 Å². The Bertz CT molecular complexity index is 2060. The fourth-order valence-electron chi connectivity index (χ4n) is 7.25. The Kier molecular flexibility index (Phi) is 7.12. The zero-order valence-corrected chi connectivity index (χ0v) is 26.6. The van der Waals surface area contributed by atoms with E-state index in [1.165, 1.54) is 51.6 Å². The lowest BCUT2D eigenvalue weighted by Crippen LogP contribution is -2.16. The lowest BCUT2D eigenvalue weighted by molar-refractivity contribution is 0.447. The molecule has 0 amide bonds. The maximum atomic E-state index is 6.65. The van der Waals surface area contributed by atoms with Crippen molar-refractivity contribution in [1.82, 2.24) is 19.3 Å². The molecule has 0 bridgehead atoms. The number of fused-ring (bicyclic) bond motifs is 3. The quantitative estimate of drug-likeness (QED) is 0.184. The van der Waals surface area contributed by atoms with E-state index in [2.05, 4.69) is 124 Å². The topological polar surface area (TPSA) is 44.9 Å². The third kappa shape index (κ3) is 4.81. The predicted octanol–water partition coefficient (Wildman–Crippen LogP) is 10.1. The molecule has 5 nitrogen and oxygen atoms in total. The molecule has 0 saturated carbocycles. The molecule has 44 heavy (non-hydrogen) atoms. The van der Waals surface area contributed by atoms with Crippen LogP contribution >= 0.6 is 0 Å². The maximum Gasteiger partial charge on any atom is 0.137 e. The van der Waals surface area contributed by atoms with Crippen LogP contribution in [0.15, 0.2) is 90.6 Å². The SMILES string of the molecule is CCc1cc(Oc2ccc3c4ccccc4n(-c4cc(C)ccn4)c3c2)cc(-n2nc(C)c([C@@H]3C(C)=CCC[C@@H]3C)c2C)c1. The zero-order valence-electron chi connectivity index (χ0n) is 26.6. The van der Waals surface area contributed by atoms with E-state index in [1.807, 2.05) is 12.3 Å². The molecule has 0 radical (unpaired) electrons. The minimum Gasteiger partial charge on any atom is -0.457 e. The van der Waals surface area contributed by atoms with Crippen LogP contribution in [0.5, 0.6) is 11.5 Å². The van der Waals surface area contributed by atoms with Crippen LogP contribution in [0.1, 0.15) is 67.6 Å². The lowest BCUT2D eigenvalue weighted by Gasteiger charge is -2.29. The van der Waals surface area contributed by atoms with Gasteiger partial charge in [-0.15, -0.1) is 0 Å². The zero-order chi connectivity index (χ0) is 30.5. The molecule has 7 rings (SSSR count). The van der Waals surface area contributed by atoms with Crippen LogP contribution in [0.3, 0.4) is 0 Å². The van der Waals surface area contributed by atoms with E-state index in [-0.39, 0.29) is 0 Å². The third-order valence-corrected chi connectivity index (χ3v) is 9.42. The number of benzene rings is 3. The van der Waals surface area contributed by atoms with Gasteiger partial charge in [-0.25, -0.2) is 9.67 Å². The van der Waals surface area contributed by atoms with Crippen LogP contribution in [0.2, 0.25) is 0 Å². The highest BCUT2D eigenvalue weighted by molar-refractivity contribution is 6.09. The maximum absolute atomic E-state index is 6.65. The van der Waals surface area contributed by atoms with Crippen molar-refractivity contribution in [3.63, 3.8) is 0 Å². The lowest BCUT2D eigenvalue weighted by atomic mass is 9.75. The smallest absolute Gasteiger partial charge is 0.137 e. The van der Waals surface area contributed by atoms with Crippen molar-refractivity contribution >= 4 is 21.8 Å². The van der Waals surface area contributed by atoms with Gasteiger partial charge in [-0.05, 0) is 106 Å². The third-order valence-electron chi connectivity index (χ3n) is 9.42. The summed E-state index contributed by atoms with van der Waals surface area (Å²) >= 11 is 0. The summed E-state index contributed by atoms with van der Waals surface area (Å²) in [6.07, 6.45) is 7.59. The molecule has 0 aliphatic heterocycles. The second-order valence-corrected chi connectivity index (χ2v) is 12.5. The summed E-state index contributed by atoms with van der Waals surface area (Å²) in [5.74, 6) is 3.53. The van der Waals surface area contributed by atoms with Crippen LogP contribution in [0.4, 0.5) is 0 Å². The molecule has 3 aromatic heterocycles. The number of rotatable bonds is 6. The Balaban J connectivity index is 1.31. The van der Waals surface area contributed by atoms with Gasteiger partial charge in [0.2, 0.25) is 0 Å². The van der Waals surface area contributed by atoms with Crippen molar-refractivity contribution in [3.05, 3.63) is 119 Å². The number of hydrogen-bond acceptors (Lipinski definition) is 3.